The van der Waals surface area contributed by atoms with E-state index in [9.17, 15) is 13.2 Å². The Hall–Kier alpha value is -1.84. The van der Waals surface area contributed by atoms with E-state index in [1.54, 1.807) is 14.2 Å². The van der Waals surface area contributed by atoms with E-state index >= 15 is 0 Å². The Morgan fingerprint density at radius 1 is 1.28 bits per heavy atom. The first-order valence-corrected chi connectivity index (χ1v) is 9.47. The topological polar surface area (TPSA) is 91.0 Å². The average molecular weight is 370 g/mol. The third-order valence-electron chi connectivity index (χ3n) is 4.48. The number of hydrogen-bond donors (Lipinski definition) is 2. The molecule has 1 saturated heterocycles. The zero-order valence-corrected chi connectivity index (χ0v) is 15.9. The quantitative estimate of drug-likeness (QED) is 0.761. The number of methoxy groups -OCH3 is 1. The molecule has 1 aromatic carbocycles. The van der Waals surface area contributed by atoms with Crippen molar-refractivity contribution in [2.45, 2.75) is 18.4 Å². The number of nitrogens with zero attached hydrogens (tertiary/aromatic N) is 2. The minimum atomic E-state index is -3.48. The molecule has 25 heavy (non-hydrogen) atoms. The summed E-state index contributed by atoms with van der Waals surface area (Å²) in [5.74, 6) is 0.530. The molecule has 1 aromatic rings. The highest BCUT2D eigenvalue weighted by Gasteiger charge is 2.43. The number of nitrogens with one attached hydrogen (secondary N) is 2. The van der Waals surface area contributed by atoms with Gasteiger partial charge in [0, 0.05) is 46.0 Å². The van der Waals surface area contributed by atoms with Crippen molar-refractivity contribution in [2.75, 3.05) is 46.7 Å². The SMILES string of the molecule is CNC(=O)C1(Nc2cccc(OC)c2)CCN(S(=O)(=O)N(C)C)CC1. The number of ether oxygens (including phenoxy) is 1. The molecule has 0 spiro atoms. The molecule has 8 nitrogen and oxygen atoms in total. The molecule has 1 amide bonds. The molecular formula is C16H26N4O4S. The largest absolute Gasteiger partial charge is 0.497 e. The van der Waals surface area contributed by atoms with Gasteiger partial charge in [0.25, 0.3) is 10.2 Å². The Balaban J connectivity index is 2.22. The summed E-state index contributed by atoms with van der Waals surface area (Å²) in [6.07, 6.45) is 0.744. The predicted octanol–water partition coefficient (Wildman–Crippen LogP) is 0.494. The number of anilines is 1. The highest BCUT2D eigenvalue weighted by atomic mass is 32.2. The van der Waals surface area contributed by atoms with Crippen LogP contribution in [0.15, 0.2) is 24.3 Å². The third kappa shape index (κ3) is 4.05. The summed E-state index contributed by atoms with van der Waals surface area (Å²) in [6, 6.07) is 7.33. The van der Waals surface area contributed by atoms with Crippen LogP contribution in [0.5, 0.6) is 5.75 Å². The molecule has 2 N–H and O–H groups in total. The van der Waals surface area contributed by atoms with Crippen LogP contribution < -0.4 is 15.4 Å². The zero-order chi connectivity index (χ0) is 18.7. The molecule has 0 aliphatic carbocycles. The summed E-state index contributed by atoms with van der Waals surface area (Å²) in [6.45, 7) is 0.538. The van der Waals surface area contributed by atoms with Crippen LogP contribution in [0.4, 0.5) is 5.69 Å². The molecule has 2 rings (SSSR count). The van der Waals surface area contributed by atoms with E-state index in [1.165, 1.54) is 22.7 Å². The molecular weight excluding hydrogens is 344 g/mol. The molecule has 0 unspecified atom stereocenters. The summed E-state index contributed by atoms with van der Waals surface area (Å²) in [4.78, 5) is 12.6. The van der Waals surface area contributed by atoms with Crippen molar-refractivity contribution >= 4 is 21.8 Å². The lowest BCUT2D eigenvalue weighted by atomic mass is 9.87. The van der Waals surface area contributed by atoms with Crippen LogP contribution in [0.3, 0.4) is 0 Å². The number of benzene rings is 1. The zero-order valence-electron chi connectivity index (χ0n) is 15.1. The molecule has 0 radical (unpaired) electrons. The summed E-state index contributed by atoms with van der Waals surface area (Å²) >= 11 is 0. The van der Waals surface area contributed by atoms with E-state index in [0.717, 1.165) is 5.69 Å². The fourth-order valence-corrected chi connectivity index (χ4v) is 4.06. The van der Waals surface area contributed by atoms with Gasteiger partial charge in [-0.2, -0.15) is 17.0 Å². The number of hydrogen-bond acceptors (Lipinski definition) is 5. The monoisotopic (exact) mass is 370 g/mol. The van der Waals surface area contributed by atoms with Gasteiger partial charge in [0.1, 0.15) is 11.3 Å². The van der Waals surface area contributed by atoms with Crippen LogP contribution in [0.1, 0.15) is 12.8 Å². The summed E-state index contributed by atoms with van der Waals surface area (Å²) < 4.78 is 32.4. The molecule has 1 aliphatic rings. The molecule has 1 aliphatic heterocycles. The van der Waals surface area contributed by atoms with Crippen molar-refractivity contribution in [3.05, 3.63) is 24.3 Å². The van der Waals surface area contributed by atoms with Crippen LogP contribution in [0.25, 0.3) is 0 Å². The van der Waals surface area contributed by atoms with Gasteiger partial charge in [-0.25, -0.2) is 0 Å². The minimum absolute atomic E-state index is 0.155. The van der Waals surface area contributed by atoms with Gasteiger partial charge >= 0.3 is 0 Å². The van der Waals surface area contributed by atoms with E-state index in [2.05, 4.69) is 10.6 Å². The van der Waals surface area contributed by atoms with Crippen molar-refractivity contribution in [3.63, 3.8) is 0 Å². The number of piperidine rings is 1. The number of amides is 1. The lowest BCUT2D eigenvalue weighted by Crippen LogP contribution is -2.59. The fraction of sp³-hybridized carbons (Fsp3) is 0.562. The number of rotatable bonds is 6. The van der Waals surface area contributed by atoms with Crippen LogP contribution in [0, 0.1) is 0 Å². The maximum Gasteiger partial charge on any atom is 0.281 e. The van der Waals surface area contributed by atoms with E-state index in [1.807, 2.05) is 24.3 Å². The third-order valence-corrected chi connectivity index (χ3v) is 6.42. The van der Waals surface area contributed by atoms with Gasteiger partial charge in [-0.3, -0.25) is 4.79 Å². The molecule has 1 fully saturated rings. The Morgan fingerprint density at radius 2 is 1.92 bits per heavy atom. The van der Waals surface area contributed by atoms with Crippen LogP contribution in [-0.4, -0.2) is 69.8 Å². The Labute approximate surface area is 149 Å². The van der Waals surface area contributed by atoms with E-state index in [4.69, 9.17) is 4.74 Å². The van der Waals surface area contributed by atoms with Crippen LogP contribution >= 0.6 is 0 Å². The Bertz CT molecular complexity index is 713. The molecule has 1 heterocycles. The maximum absolute atomic E-state index is 12.6. The first-order chi connectivity index (χ1) is 11.7. The first kappa shape index (κ1) is 19.5. The highest BCUT2D eigenvalue weighted by Crippen LogP contribution is 2.30. The molecule has 140 valence electrons. The molecule has 0 aromatic heterocycles. The van der Waals surface area contributed by atoms with Gasteiger partial charge in [0.15, 0.2) is 0 Å². The number of likely N-dealkylation sites (N-methyl/N-ethyl adjacent to an activating group) is 1. The van der Waals surface area contributed by atoms with Crippen molar-refractivity contribution in [2.24, 2.45) is 0 Å². The van der Waals surface area contributed by atoms with E-state index in [-0.39, 0.29) is 19.0 Å². The van der Waals surface area contributed by atoms with Crippen molar-refractivity contribution in [1.29, 1.82) is 0 Å². The molecule has 0 bridgehead atoms. The number of carbonyl (C=O) groups excluding carboxylic acids is 1. The Morgan fingerprint density at radius 3 is 2.44 bits per heavy atom. The van der Waals surface area contributed by atoms with Gasteiger partial charge in [-0.1, -0.05) is 6.07 Å². The summed E-state index contributed by atoms with van der Waals surface area (Å²) in [5, 5.41) is 5.98. The van der Waals surface area contributed by atoms with Gasteiger partial charge in [0.05, 0.1) is 7.11 Å². The second kappa shape index (κ2) is 7.59. The first-order valence-electron chi connectivity index (χ1n) is 8.07. The van der Waals surface area contributed by atoms with Gasteiger partial charge < -0.3 is 15.4 Å². The Kier molecular flexibility index (Phi) is 5.91. The minimum Gasteiger partial charge on any atom is -0.497 e. The summed E-state index contributed by atoms with van der Waals surface area (Å²) in [5.41, 5.74) is -0.105. The summed E-state index contributed by atoms with van der Waals surface area (Å²) in [7, 11) is 2.70. The number of carbonyl (C=O) groups is 1. The van der Waals surface area contributed by atoms with E-state index < -0.39 is 15.7 Å². The molecule has 0 atom stereocenters. The van der Waals surface area contributed by atoms with Gasteiger partial charge in [0.2, 0.25) is 5.91 Å². The fourth-order valence-electron chi connectivity index (χ4n) is 2.95. The smallest absolute Gasteiger partial charge is 0.281 e. The predicted molar refractivity (Wildman–Crippen MR) is 96.8 cm³/mol. The highest BCUT2D eigenvalue weighted by molar-refractivity contribution is 7.86. The second-order valence-electron chi connectivity index (χ2n) is 6.21. The van der Waals surface area contributed by atoms with Crippen LogP contribution in [0.2, 0.25) is 0 Å². The normalized spacial score (nSPS) is 18.0. The lowest BCUT2D eigenvalue weighted by Gasteiger charge is -2.41. The van der Waals surface area contributed by atoms with Crippen molar-refractivity contribution < 1.29 is 17.9 Å². The standard InChI is InChI=1S/C16H26N4O4S/c1-17-15(21)16(18-13-6-5-7-14(12-13)24-4)8-10-20(11-9-16)25(22,23)19(2)3/h5-7,12,18H,8-11H2,1-4H3,(H,17,21). The van der Waals surface area contributed by atoms with Crippen LogP contribution in [-0.2, 0) is 15.0 Å². The molecule has 9 heteroatoms. The average Bonchev–Trinajstić information content (AvgIpc) is 2.61. The van der Waals surface area contributed by atoms with Gasteiger partial charge in [-0.05, 0) is 25.0 Å². The van der Waals surface area contributed by atoms with Crippen molar-refractivity contribution in [1.82, 2.24) is 13.9 Å². The molecule has 0 saturated carbocycles. The second-order valence-corrected chi connectivity index (χ2v) is 8.35. The van der Waals surface area contributed by atoms with Crippen molar-refractivity contribution in [3.8, 4) is 5.75 Å². The van der Waals surface area contributed by atoms with E-state index in [0.29, 0.717) is 18.6 Å². The van der Waals surface area contributed by atoms with Gasteiger partial charge in [-0.15, -0.1) is 0 Å². The maximum atomic E-state index is 12.6. The lowest BCUT2D eigenvalue weighted by molar-refractivity contribution is -0.126.